The normalized spacial score (nSPS) is 10.2. The van der Waals surface area contributed by atoms with Crippen LogP contribution in [0.15, 0.2) is 36.4 Å². The Hall–Kier alpha value is -2.36. The molecule has 4 nitrogen and oxygen atoms in total. The van der Waals surface area contributed by atoms with Crippen molar-refractivity contribution in [3.8, 4) is 16.9 Å². The summed E-state index contributed by atoms with van der Waals surface area (Å²) in [6, 6.07) is 10.0. The molecule has 0 radical (unpaired) electrons. The van der Waals surface area contributed by atoms with Gasteiger partial charge in [-0.15, -0.1) is 0 Å². The molecule has 82 valence electrons. The Morgan fingerprint density at radius 1 is 0.875 bits per heavy atom. The maximum atomic E-state index is 9.78. The molecule has 0 saturated heterocycles. The molecule has 2 aromatic carbocycles. The number of aromatic hydroxyl groups is 1. The van der Waals surface area contributed by atoms with Gasteiger partial charge in [0, 0.05) is 28.2 Å². The maximum absolute atomic E-state index is 9.78. The molecule has 0 atom stereocenters. The van der Waals surface area contributed by atoms with E-state index in [9.17, 15) is 5.11 Å². The smallest absolute Gasteiger partial charge is 0.125 e. The van der Waals surface area contributed by atoms with Gasteiger partial charge in [-0.1, -0.05) is 6.07 Å². The summed E-state index contributed by atoms with van der Waals surface area (Å²) in [5.74, 6) is 0.0947. The van der Waals surface area contributed by atoms with Gasteiger partial charge < -0.3 is 22.3 Å². The summed E-state index contributed by atoms with van der Waals surface area (Å²) in [7, 11) is 0. The van der Waals surface area contributed by atoms with E-state index in [4.69, 9.17) is 17.2 Å². The van der Waals surface area contributed by atoms with E-state index in [1.807, 2.05) is 0 Å². The van der Waals surface area contributed by atoms with Crippen molar-refractivity contribution in [2.45, 2.75) is 0 Å². The Kier molecular flexibility index (Phi) is 2.32. The molecule has 7 N–H and O–H groups in total. The number of anilines is 3. The molecule has 2 aromatic rings. The molecular formula is C12H13N3O. The molecule has 4 heteroatoms. The number of nitrogens with two attached hydrogens (primary N) is 3. The molecule has 0 amide bonds. The molecule has 16 heavy (non-hydrogen) atoms. The van der Waals surface area contributed by atoms with Crippen molar-refractivity contribution < 1.29 is 5.11 Å². The van der Waals surface area contributed by atoms with Crippen molar-refractivity contribution in [1.29, 1.82) is 0 Å². The maximum Gasteiger partial charge on any atom is 0.125 e. The summed E-state index contributed by atoms with van der Waals surface area (Å²) >= 11 is 0. The van der Waals surface area contributed by atoms with Crippen molar-refractivity contribution >= 4 is 17.1 Å². The van der Waals surface area contributed by atoms with Gasteiger partial charge in [0.25, 0.3) is 0 Å². The Bertz CT molecular complexity index is 518. The third-order valence-corrected chi connectivity index (χ3v) is 2.42. The lowest BCUT2D eigenvalue weighted by Crippen LogP contribution is -1.96. The van der Waals surface area contributed by atoms with Crippen molar-refractivity contribution in [3.05, 3.63) is 36.4 Å². The van der Waals surface area contributed by atoms with Gasteiger partial charge in [0.1, 0.15) is 5.75 Å². The van der Waals surface area contributed by atoms with E-state index in [0.29, 0.717) is 28.2 Å². The summed E-state index contributed by atoms with van der Waals surface area (Å²) in [5, 5.41) is 9.78. The molecule has 0 aliphatic rings. The molecule has 0 aromatic heterocycles. The first kappa shape index (κ1) is 10.2. The minimum Gasteiger partial charge on any atom is -0.507 e. The summed E-state index contributed by atoms with van der Waals surface area (Å²) in [6.45, 7) is 0. The number of hydrogen-bond acceptors (Lipinski definition) is 4. The average Bonchev–Trinajstić information content (AvgIpc) is 2.23. The van der Waals surface area contributed by atoms with Crippen LogP contribution < -0.4 is 17.2 Å². The average molecular weight is 215 g/mol. The predicted octanol–water partition coefficient (Wildman–Crippen LogP) is 1.81. The van der Waals surface area contributed by atoms with Crippen molar-refractivity contribution in [2.24, 2.45) is 0 Å². The highest BCUT2D eigenvalue weighted by Crippen LogP contribution is 2.38. The highest BCUT2D eigenvalue weighted by atomic mass is 16.3. The van der Waals surface area contributed by atoms with Gasteiger partial charge in [-0.05, 0) is 30.3 Å². The third-order valence-electron chi connectivity index (χ3n) is 2.42. The number of hydrogen-bond donors (Lipinski definition) is 4. The van der Waals surface area contributed by atoms with Gasteiger partial charge in [-0.25, -0.2) is 0 Å². The van der Waals surface area contributed by atoms with Crippen LogP contribution in [0, 0.1) is 0 Å². The van der Waals surface area contributed by atoms with E-state index in [1.54, 1.807) is 36.4 Å². The van der Waals surface area contributed by atoms with Crippen LogP contribution in [0.1, 0.15) is 0 Å². The monoisotopic (exact) mass is 215 g/mol. The minimum atomic E-state index is 0.0947. The Labute approximate surface area is 93.3 Å². The lowest BCUT2D eigenvalue weighted by Gasteiger charge is -2.11. The van der Waals surface area contributed by atoms with Crippen LogP contribution in [0.5, 0.6) is 5.75 Å². The van der Waals surface area contributed by atoms with Crippen LogP contribution in [0.3, 0.4) is 0 Å². The van der Waals surface area contributed by atoms with Crippen molar-refractivity contribution in [2.75, 3.05) is 17.2 Å². The molecule has 0 fully saturated rings. The van der Waals surface area contributed by atoms with Crippen LogP contribution >= 0.6 is 0 Å². The molecule has 0 aliphatic heterocycles. The standard InChI is InChI=1S/C12H13N3O/c13-7-4-5-9(14)8(6-7)12-10(15)2-1-3-11(12)16/h1-6,16H,13-15H2. The molecule has 0 aliphatic carbocycles. The van der Waals surface area contributed by atoms with Gasteiger partial charge in [0.15, 0.2) is 0 Å². The van der Waals surface area contributed by atoms with Gasteiger partial charge in [-0.3, -0.25) is 0 Å². The van der Waals surface area contributed by atoms with Crippen molar-refractivity contribution in [1.82, 2.24) is 0 Å². The first-order chi connectivity index (χ1) is 7.59. The van der Waals surface area contributed by atoms with E-state index in [-0.39, 0.29) is 5.75 Å². The fourth-order valence-electron chi connectivity index (χ4n) is 1.64. The second-order valence-corrected chi connectivity index (χ2v) is 3.59. The van der Waals surface area contributed by atoms with Crippen LogP contribution in [0.2, 0.25) is 0 Å². The molecule has 2 rings (SSSR count). The van der Waals surface area contributed by atoms with Crippen LogP contribution in [-0.4, -0.2) is 5.11 Å². The quantitative estimate of drug-likeness (QED) is 0.545. The number of phenolic OH excluding ortho intramolecular Hbond substituents is 1. The lowest BCUT2D eigenvalue weighted by atomic mass is 10.0. The van der Waals surface area contributed by atoms with Gasteiger partial charge in [0.05, 0.1) is 0 Å². The van der Waals surface area contributed by atoms with E-state index in [0.717, 1.165) is 0 Å². The largest absolute Gasteiger partial charge is 0.507 e. The Morgan fingerprint density at radius 3 is 2.31 bits per heavy atom. The van der Waals surface area contributed by atoms with Gasteiger partial charge in [0.2, 0.25) is 0 Å². The topological polar surface area (TPSA) is 98.3 Å². The summed E-state index contributed by atoms with van der Waals surface area (Å²) in [6.07, 6.45) is 0. The summed E-state index contributed by atoms with van der Waals surface area (Å²) in [5.41, 5.74) is 20.1. The fourth-order valence-corrected chi connectivity index (χ4v) is 1.64. The van der Waals surface area contributed by atoms with Gasteiger partial charge in [-0.2, -0.15) is 0 Å². The zero-order valence-corrected chi connectivity index (χ0v) is 8.64. The third kappa shape index (κ3) is 1.61. The summed E-state index contributed by atoms with van der Waals surface area (Å²) < 4.78 is 0. The molecule has 0 heterocycles. The second kappa shape index (κ2) is 3.66. The highest BCUT2D eigenvalue weighted by Gasteiger charge is 2.11. The van der Waals surface area contributed by atoms with Crippen LogP contribution in [0.25, 0.3) is 11.1 Å². The van der Waals surface area contributed by atoms with E-state index in [2.05, 4.69) is 0 Å². The Balaban J connectivity index is 2.72. The molecule has 0 saturated carbocycles. The first-order valence-corrected chi connectivity index (χ1v) is 4.82. The first-order valence-electron chi connectivity index (χ1n) is 4.82. The van der Waals surface area contributed by atoms with Crippen molar-refractivity contribution in [3.63, 3.8) is 0 Å². The number of benzene rings is 2. The predicted molar refractivity (Wildman–Crippen MR) is 66.8 cm³/mol. The Morgan fingerprint density at radius 2 is 1.62 bits per heavy atom. The molecule has 0 bridgehead atoms. The van der Waals surface area contributed by atoms with E-state index in [1.165, 1.54) is 0 Å². The second-order valence-electron chi connectivity index (χ2n) is 3.59. The lowest BCUT2D eigenvalue weighted by molar-refractivity contribution is 0.477. The minimum absolute atomic E-state index is 0.0947. The molecule has 0 unspecified atom stereocenters. The number of nitrogen functional groups attached to an aromatic ring is 3. The molecule has 0 spiro atoms. The molecular weight excluding hydrogens is 202 g/mol. The SMILES string of the molecule is Nc1ccc(N)c(-c2c(N)cccc2O)c1. The van der Waals surface area contributed by atoms with E-state index >= 15 is 0 Å². The number of rotatable bonds is 1. The zero-order chi connectivity index (χ0) is 11.7. The van der Waals surface area contributed by atoms with Crippen LogP contribution in [0.4, 0.5) is 17.1 Å². The summed E-state index contributed by atoms with van der Waals surface area (Å²) in [4.78, 5) is 0. The fraction of sp³-hybridized carbons (Fsp3) is 0. The highest BCUT2D eigenvalue weighted by molar-refractivity contribution is 5.89. The zero-order valence-electron chi connectivity index (χ0n) is 8.64. The van der Waals surface area contributed by atoms with Gasteiger partial charge >= 0.3 is 0 Å². The van der Waals surface area contributed by atoms with E-state index < -0.39 is 0 Å². The number of phenols is 1. The van der Waals surface area contributed by atoms with Crippen LogP contribution in [-0.2, 0) is 0 Å².